The Morgan fingerprint density at radius 3 is 2.24 bits per heavy atom. The minimum atomic E-state index is -1.62. The van der Waals surface area contributed by atoms with Crippen LogP contribution in [-0.2, 0) is 38.8 Å². The minimum Gasteiger partial charge on any atom is -0.550 e. The fraction of sp³-hybridized carbons (Fsp3) is 0.783. The van der Waals surface area contributed by atoms with Crippen LogP contribution in [0.2, 0.25) is 0 Å². The van der Waals surface area contributed by atoms with Crippen molar-refractivity contribution < 1.29 is 43.7 Å². The zero-order valence-electron chi connectivity index (χ0n) is 21.7. The summed E-state index contributed by atoms with van der Waals surface area (Å²) < 4.78 is 12.4. The molecule has 0 aromatic heterocycles. The van der Waals surface area contributed by atoms with Crippen molar-refractivity contribution in [2.75, 3.05) is 5.75 Å². The Morgan fingerprint density at radius 1 is 1.11 bits per heavy atom. The van der Waals surface area contributed by atoms with Crippen LogP contribution in [-0.4, -0.2) is 57.7 Å². The summed E-state index contributed by atoms with van der Waals surface area (Å²) in [4.78, 5) is 60.0. The number of carbonyl (C=O) groups excluding carboxylic acids is 4. The molecule has 0 radical (unpaired) electrons. The van der Waals surface area contributed by atoms with E-state index < -0.39 is 68.8 Å². The van der Waals surface area contributed by atoms with Crippen LogP contribution in [0.5, 0.6) is 0 Å². The molecule has 4 atom stereocenters. The van der Waals surface area contributed by atoms with E-state index >= 15 is 0 Å². The first-order valence-corrected chi connectivity index (χ1v) is 15.6. The van der Waals surface area contributed by atoms with Crippen molar-refractivity contribution in [1.82, 2.24) is 10.0 Å². The van der Waals surface area contributed by atoms with E-state index in [1.807, 2.05) is 6.92 Å². The number of esters is 1. The second kappa shape index (κ2) is 16.2. The number of rotatable bonds is 16. The SMILES string of the molecule is CCCCC[S+](NC(=O)OC(C)OC(=O)C(C)C)SC(S)C1(C(=O)NC(CC(=O)[O-])C(=O)O)CCCC1. The molecule has 4 unspecified atom stereocenters. The smallest absolute Gasteiger partial charge is 0.452 e. The van der Waals surface area contributed by atoms with E-state index in [2.05, 4.69) is 10.0 Å². The van der Waals surface area contributed by atoms with E-state index in [1.54, 1.807) is 13.8 Å². The maximum Gasteiger partial charge on any atom is 0.452 e. The quantitative estimate of drug-likeness (QED) is 0.0528. The third-order valence-electron chi connectivity index (χ3n) is 5.76. The van der Waals surface area contributed by atoms with Crippen LogP contribution in [0.3, 0.4) is 0 Å². The number of hydrogen-bond acceptors (Lipinski definition) is 10. The van der Waals surface area contributed by atoms with Gasteiger partial charge in [-0.3, -0.25) is 9.59 Å². The van der Waals surface area contributed by atoms with Crippen LogP contribution in [0, 0.1) is 11.3 Å². The number of amides is 2. The number of carboxylic acids is 2. The third kappa shape index (κ3) is 11.2. The molecule has 1 aliphatic carbocycles. The van der Waals surface area contributed by atoms with Crippen LogP contribution in [0.15, 0.2) is 0 Å². The van der Waals surface area contributed by atoms with Crippen LogP contribution >= 0.6 is 23.4 Å². The highest BCUT2D eigenvalue weighted by molar-refractivity contribution is 8.75. The molecular formula is C23H38N2O9S3. The molecule has 0 aliphatic heterocycles. The Kier molecular flexibility index (Phi) is 14.6. The predicted molar refractivity (Wildman–Crippen MR) is 142 cm³/mol. The normalized spacial score (nSPS) is 17.8. The minimum absolute atomic E-state index is 0.375. The van der Waals surface area contributed by atoms with Crippen LogP contribution in [0.1, 0.15) is 79.1 Å². The Balaban J connectivity index is 2.95. The Morgan fingerprint density at radius 2 is 1.73 bits per heavy atom. The molecule has 3 N–H and O–H groups in total. The monoisotopic (exact) mass is 582 g/mol. The first-order chi connectivity index (χ1) is 17.3. The maximum absolute atomic E-state index is 13.3. The van der Waals surface area contributed by atoms with Crippen molar-refractivity contribution in [3.8, 4) is 0 Å². The van der Waals surface area contributed by atoms with Gasteiger partial charge in [-0.25, -0.2) is 9.59 Å². The molecule has 11 nitrogen and oxygen atoms in total. The van der Waals surface area contributed by atoms with Gasteiger partial charge in [0.2, 0.25) is 12.2 Å². The number of unbranched alkanes of at least 4 members (excludes halogenated alkanes) is 2. The summed E-state index contributed by atoms with van der Waals surface area (Å²) in [5.41, 5.74) is -1.05. The fourth-order valence-electron chi connectivity index (χ4n) is 3.66. The van der Waals surface area contributed by atoms with Gasteiger partial charge in [-0.15, -0.1) is 4.72 Å². The lowest BCUT2D eigenvalue weighted by Crippen LogP contribution is -2.52. The molecule has 212 valence electrons. The molecule has 1 aliphatic rings. The van der Waals surface area contributed by atoms with Crippen molar-refractivity contribution in [1.29, 1.82) is 0 Å². The van der Waals surface area contributed by atoms with Gasteiger partial charge in [0.25, 0.3) is 0 Å². The summed E-state index contributed by atoms with van der Waals surface area (Å²) in [7, 11) is 0.460. The fourth-order valence-corrected chi connectivity index (χ4v) is 8.87. The highest BCUT2D eigenvalue weighted by Crippen LogP contribution is 2.49. The topological polar surface area (TPSA) is 171 Å². The number of nitrogens with one attached hydrogen (secondary N) is 2. The maximum atomic E-state index is 13.3. The molecule has 1 rings (SSSR count). The lowest BCUT2D eigenvalue weighted by Gasteiger charge is -2.32. The molecule has 1 saturated carbocycles. The molecule has 0 heterocycles. The Labute approximate surface area is 229 Å². The number of carboxylic acid groups (broad SMARTS) is 2. The van der Waals surface area contributed by atoms with Gasteiger partial charge in [0.05, 0.1) is 11.3 Å². The van der Waals surface area contributed by atoms with Crippen molar-refractivity contribution in [3.63, 3.8) is 0 Å². The van der Waals surface area contributed by atoms with E-state index in [4.69, 9.17) is 22.1 Å². The molecule has 37 heavy (non-hydrogen) atoms. The molecule has 2 amide bonds. The van der Waals surface area contributed by atoms with Crippen LogP contribution in [0.25, 0.3) is 0 Å². The highest BCUT2D eigenvalue weighted by atomic mass is 33.1. The van der Waals surface area contributed by atoms with Gasteiger partial charge in [0, 0.05) is 19.3 Å². The number of hydrogen-bond donors (Lipinski definition) is 4. The van der Waals surface area contributed by atoms with Crippen molar-refractivity contribution in [2.24, 2.45) is 11.3 Å². The van der Waals surface area contributed by atoms with Gasteiger partial charge in [0.1, 0.15) is 27.2 Å². The van der Waals surface area contributed by atoms with Gasteiger partial charge in [-0.05, 0) is 25.7 Å². The molecule has 0 aromatic carbocycles. The number of carbonyl (C=O) groups is 5. The van der Waals surface area contributed by atoms with E-state index in [0.29, 0.717) is 18.6 Å². The molecule has 0 spiro atoms. The number of thiol groups is 1. The molecule has 1 fully saturated rings. The largest absolute Gasteiger partial charge is 0.550 e. The Hall–Kier alpha value is -1.80. The standard InChI is InChI=1S/C23H38N2O9S3/c1-5-6-9-12-37(25-22(32)34-15(4)33-19(30)14(2)3)36-21(35)23(10-7-8-11-23)20(31)24-16(18(28)29)13-17(26)27/h14-16,21H,5-13H2,1-4H3,(H4-,24,25,26,27,28,29,31,32,35). The zero-order chi connectivity index (χ0) is 28.2. The second-order valence-corrected chi connectivity index (χ2v) is 13.8. The molecular weight excluding hydrogens is 544 g/mol. The lowest BCUT2D eigenvalue weighted by atomic mass is 9.86. The van der Waals surface area contributed by atoms with Crippen molar-refractivity contribution in [2.45, 2.75) is 96.0 Å². The predicted octanol–water partition coefficient (Wildman–Crippen LogP) is 2.16. The summed E-state index contributed by atoms with van der Waals surface area (Å²) in [6.45, 7) is 6.81. The second-order valence-electron chi connectivity index (χ2n) is 9.18. The van der Waals surface area contributed by atoms with Crippen molar-refractivity contribution in [3.05, 3.63) is 0 Å². The lowest BCUT2D eigenvalue weighted by molar-refractivity contribution is -0.306. The molecule has 0 saturated heterocycles. The summed E-state index contributed by atoms with van der Waals surface area (Å²) in [6, 6.07) is -1.62. The molecule has 0 bridgehead atoms. The summed E-state index contributed by atoms with van der Waals surface area (Å²) in [5, 5.41) is 22.6. The summed E-state index contributed by atoms with van der Waals surface area (Å²) in [6.07, 6.45) is 2.30. The first-order valence-electron chi connectivity index (χ1n) is 12.3. The number of ether oxygens (including phenoxy) is 2. The molecule has 14 heteroatoms. The van der Waals surface area contributed by atoms with Crippen LogP contribution < -0.4 is 15.1 Å². The average Bonchev–Trinajstić information content (AvgIpc) is 3.29. The molecule has 0 aromatic rings. The van der Waals surface area contributed by atoms with Crippen molar-refractivity contribution >= 4 is 63.4 Å². The summed E-state index contributed by atoms with van der Waals surface area (Å²) >= 11 is 4.71. The van der Waals surface area contributed by atoms with Crippen LogP contribution in [0.4, 0.5) is 4.79 Å². The van der Waals surface area contributed by atoms with E-state index in [9.17, 15) is 34.2 Å². The van der Waals surface area contributed by atoms with Gasteiger partial charge in [-0.1, -0.05) is 40.0 Å². The van der Waals surface area contributed by atoms with Gasteiger partial charge in [-0.2, -0.15) is 12.6 Å². The summed E-state index contributed by atoms with van der Waals surface area (Å²) in [5.74, 6) is -3.92. The Bertz CT molecular complexity index is 806. The van der Waals surface area contributed by atoms with Gasteiger partial charge in [0.15, 0.2) is 10.1 Å². The third-order valence-corrected chi connectivity index (χ3v) is 10.9. The highest BCUT2D eigenvalue weighted by Gasteiger charge is 2.51. The first kappa shape index (κ1) is 33.2. The average molecular weight is 583 g/mol. The van der Waals surface area contributed by atoms with Gasteiger partial charge < -0.3 is 29.8 Å². The van der Waals surface area contributed by atoms with E-state index in [1.165, 1.54) is 17.7 Å². The van der Waals surface area contributed by atoms with Gasteiger partial charge >= 0.3 is 18.0 Å². The van der Waals surface area contributed by atoms with E-state index in [0.717, 1.165) is 32.1 Å². The van der Waals surface area contributed by atoms with E-state index in [-0.39, 0.29) is 5.92 Å². The zero-order valence-corrected chi connectivity index (χ0v) is 24.2. The number of aliphatic carboxylic acids is 2.